The van der Waals surface area contributed by atoms with Gasteiger partial charge in [-0.25, -0.2) is 4.79 Å². The van der Waals surface area contributed by atoms with E-state index in [2.05, 4.69) is 18.6 Å². The van der Waals surface area contributed by atoms with Crippen molar-refractivity contribution >= 4 is 6.16 Å². The Labute approximate surface area is 120 Å². The molecule has 4 nitrogen and oxygen atoms in total. The standard InChI is InChI=1S/C16H24O4/c1-3-5-7-9-13-12(8-6-4-2)10-11-14(15(13)17)20-16(18)19/h10-11,17H,3-9H2,1-2H3,(H,18,19). The molecule has 0 aromatic heterocycles. The topological polar surface area (TPSA) is 66.8 Å². The van der Waals surface area contributed by atoms with E-state index < -0.39 is 6.16 Å². The fraction of sp³-hybridized carbons (Fsp3) is 0.562. The third kappa shape index (κ3) is 4.76. The molecule has 0 unspecified atom stereocenters. The highest BCUT2D eigenvalue weighted by atomic mass is 16.7. The van der Waals surface area contributed by atoms with E-state index in [1.165, 1.54) is 6.07 Å². The predicted octanol–water partition coefficient (Wildman–Crippen LogP) is 4.52. The molecule has 0 aliphatic carbocycles. The molecule has 2 N–H and O–H groups in total. The number of phenols is 1. The Kier molecular flexibility index (Phi) is 6.91. The molecule has 0 atom stereocenters. The third-order valence-electron chi connectivity index (χ3n) is 3.37. The van der Waals surface area contributed by atoms with E-state index in [1.54, 1.807) is 0 Å². The largest absolute Gasteiger partial charge is 0.511 e. The van der Waals surface area contributed by atoms with Gasteiger partial charge in [-0.1, -0.05) is 39.2 Å². The molecule has 0 aliphatic heterocycles. The molecule has 0 amide bonds. The lowest BCUT2D eigenvalue weighted by atomic mass is 9.96. The van der Waals surface area contributed by atoms with Gasteiger partial charge < -0.3 is 14.9 Å². The van der Waals surface area contributed by atoms with E-state index in [1.807, 2.05) is 6.07 Å². The minimum absolute atomic E-state index is 0.0166. The van der Waals surface area contributed by atoms with Crippen LogP contribution in [-0.2, 0) is 12.8 Å². The molecule has 112 valence electrons. The lowest BCUT2D eigenvalue weighted by Crippen LogP contribution is -2.05. The molecule has 0 saturated carbocycles. The van der Waals surface area contributed by atoms with Gasteiger partial charge in [0.15, 0.2) is 11.5 Å². The van der Waals surface area contributed by atoms with Crippen molar-refractivity contribution in [3.05, 3.63) is 23.3 Å². The second kappa shape index (κ2) is 8.46. The third-order valence-corrected chi connectivity index (χ3v) is 3.37. The van der Waals surface area contributed by atoms with Gasteiger partial charge in [0.1, 0.15) is 0 Å². The monoisotopic (exact) mass is 280 g/mol. The van der Waals surface area contributed by atoms with Crippen molar-refractivity contribution in [2.45, 2.75) is 58.8 Å². The molecule has 0 radical (unpaired) electrons. The quantitative estimate of drug-likeness (QED) is 0.417. The SMILES string of the molecule is CCCCCc1c(CCCC)ccc(OC(=O)O)c1O. The van der Waals surface area contributed by atoms with Gasteiger partial charge >= 0.3 is 6.16 Å². The number of carboxylic acid groups (broad SMARTS) is 1. The van der Waals surface area contributed by atoms with Crippen molar-refractivity contribution in [2.24, 2.45) is 0 Å². The summed E-state index contributed by atoms with van der Waals surface area (Å²) >= 11 is 0. The molecule has 20 heavy (non-hydrogen) atoms. The number of phenolic OH excluding ortho intramolecular Hbond substituents is 1. The molecular formula is C16H24O4. The number of aromatic hydroxyl groups is 1. The van der Waals surface area contributed by atoms with Gasteiger partial charge in [-0.05, 0) is 37.3 Å². The molecule has 1 rings (SSSR count). The molecule has 0 fully saturated rings. The van der Waals surface area contributed by atoms with Crippen molar-refractivity contribution in [2.75, 3.05) is 0 Å². The zero-order chi connectivity index (χ0) is 15.0. The highest BCUT2D eigenvalue weighted by molar-refractivity contribution is 5.64. The van der Waals surface area contributed by atoms with Crippen molar-refractivity contribution in [1.29, 1.82) is 0 Å². The van der Waals surface area contributed by atoms with E-state index in [9.17, 15) is 9.90 Å². The van der Waals surface area contributed by atoms with Gasteiger partial charge in [0, 0.05) is 5.56 Å². The van der Waals surface area contributed by atoms with E-state index in [4.69, 9.17) is 5.11 Å². The zero-order valence-electron chi connectivity index (χ0n) is 12.3. The van der Waals surface area contributed by atoms with E-state index >= 15 is 0 Å². The molecule has 0 heterocycles. The van der Waals surface area contributed by atoms with Gasteiger partial charge in [0.05, 0.1) is 0 Å². The van der Waals surface area contributed by atoms with Gasteiger partial charge in [0.2, 0.25) is 0 Å². The summed E-state index contributed by atoms with van der Waals surface area (Å²) in [6.07, 6.45) is 5.59. The van der Waals surface area contributed by atoms with Gasteiger partial charge in [-0.15, -0.1) is 0 Å². The molecule has 0 saturated heterocycles. The van der Waals surface area contributed by atoms with Crippen LogP contribution in [0.3, 0.4) is 0 Å². The molecule has 0 spiro atoms. The van der Waals surface area contributed by atoms with Gasteiger partial charge in [0.25, 0.3) is 0 Å². The first-order valence-electron chi connectivity index (χ1n) is 7.34. The van der Waals surface area contributed by atoms with Crippen LogP contribution in [0.4, 0.5) is 4.79 Å². The second-order valence-corrected chi connectivity index (χ2v) is 4.98. The summed E-state index contributed by atoms with van der Waals surface area (Å²) in [4.78, 5) is 10.6. The second-order valence-electron chi connectivity index (χ2n) is 4.98. The number of hydrogen-bond acceptors (Lipinski definition) is 3. The van der Waals surface area contributed by atoms with Crippen LogP contribution in [0.5, 0.6) is 11.5 Å². The van der Waals surface area contributed by atoms with Crippen LogP contribution in [0.15, 0.2) is 12.1 Å². The first-order chi connectivity index (χ1) is 9.60. The Bertz CT molecular complexity index is 440. The highest BCUT2D eigenvalue weighted by Gasteiger charge is 2.15. The zero-order valence-corrected chi connectivity index (χ0v) is 12.3. The van der Waals surface area contributed by atoms with Crippen LogP contribution in [0.2, 0.25) is 0 Å². The van der Waals surface area contributed by atoms with Crippen LogP contribution < -0.4 is 4.74 Å². The van der Waals surface area contributed by atoms with E-state index in [0.717, 1.165) is 56.1 Å². The average Bonchev–Trinajstić information content (AvgIpc) is 2.41. The maximum Gasteiger partial charge on any atom is 0.511 e. The van der Waals surface area contributed by atoms with Crippen LogP contribution >= 0.6 is 0 Å². The molecule has 1 aromatic rings. The van der Waals surface area contributed by atoms with Gasteiger partial charge in [-0.2, -0.15) is 0 Å². The Morgan fingerprint density at radius 3 is 2.40 bits per heavy atom. The number of hydrogen-bond donors (Lipinski definition) is 2. The van der Waals surface area contributed by atoms with Crippen molar-refractivity contribution < 1.29 is 19.7 Å². The summed E-state index contributed by atoms with van der Waals surface area (Å²) in [6, 6.07) is 3.41. The van der Waals surface area contributed by atoms with Crippen LogP contribution in [0.25, 0.3) is 0 Å². The van der Waals surface area contributed by atoms with Crippen molar-refractivity contribution in [1.82, 2.24) is 0 Å². The number of benzene rings is 1. The first-order valence-corrected chi connectivity index (χ1v) is 7.34. The smallest absolute Gasteiger partial charge is 0.504 e. The summed E-state index contributed by atoms with van der Waals surface area (Å²) < 4.78 is 4.62. The number of ether oxygens (including phenoxy) is 1. The number of unbranched alkanes of at least 4 members (excludes halogenated alkanes) is 3. The Balaban J connectivity index is 2.98. The first kappa shape index (κ1) is 16.3. The van der Waals surface area contributed by atoms with E-state index in [0.29, 0.717) is 0 Å². The Hall–Kier alpha value is -1.71. The maximum atomic E-state index is 10.6. The predicted molar refractivity (Wildman–Crippen MR) is 78.6 cm³/mol. The fourth-order valence-corrected chi connectivity index (χ4v) is 2.27. The molecule has 1 aromatic carbocycles. The van der Waals surface area contributed by atoms with Crippen LogP contribution in [0.1, 0.15) is 57.1 Å². The van der Waals surface area contributed by atoms with Crippen molar-refractivity contribution in [3.8, 4) is 11.5 Å². The summed E-state index contributed by atoms with van der Waals surface area (Å²) in [7, 11) is 0. The minimum Gasteiger partial charge on any atom is -0.504 e. The Morgan fingerprint density at radius 1 is 1.10 bits per heavy atom. The summed E-state index contributed by atoms with van der Waals surface area (Å²) in [6.45, 7) is 4.25. The molecule has 4 heteroatoms. The number of aryl methyl sites for hydroxylation is 1. The maximum absolute atomic E-state index is 10.6. The summed E-state index contributed by atoms with van der Waals surface area (Å²) in [5.74, 6) is 0.0151. The fourth-order valence-electron chi connectivity index (χ4n) is 2.27. The highest BCUT2D eigenvalue weighted by Crippen LogP contribution is 2.34. The molecule has 0 bridgehead atoms. The normalized spacial score (nSPS) is 10.5. The lowest BCUT2D eigenvalue weighted by molar-refractivity contribution is 0.142. The number of rotatable bonds is 8. The van der Waals surface area contributed by atoms with Gasteiger partial charge in [-0.3, -0.25) is 0 Å². The van der Waals surface area contributed by atoms with Crippen LogP contribution in [-0.4, -0.2) is 16.4 Å². The van der Waals surface area contributed by atoms with Crippen molar-refractivity contribution in [3.63, 3.8) is 0 Å². The summed E-state index contributed by atoms with van der Waals surface area (Å²) in [5.41, 5.74) is 1.93. The molecular weight excluding hydrogens is 256 g/mol. The Morgan fingerprint density at radius 2 is 1.80 bits per heavy atom. The summed E-state index contributed by atoms with van der Waals surface area (Å²) in [5, 5.41) is 18.9. The minimum atomic E-state index is -1.40. The lowest BCUT2D eigenvalue weighted by Gasteiger charge is -2.14. The van der Waals surface area contributed by atoms with Crippen LogP contribution in [0, 0.1) is 0 Å². The van der Waals surface area contributed by atoms with E-state index in [-0.39, 0.29) is 11.5 Å². The average molecular weight is 280 g/mol. The molecule has 0 aliphatic rings. The number of carbonyl (C=O) groups is 1.